The van der Waals surface area contributed by atoms with Gasteiger partial charge >= 0.3 is 0 Å². The van der Waals surface area contributed by atoms with Gasteiger partial charge in [0.05, 0.1) is 6.61 Å². The number of hydrogen-bond acceptors (Lipinski definition) is 2. The third-order valence-corrected chi connectivity index (χ3v) is 4.78. The summed E-state index contributed by atoms with van der Waals surface area (Å²) in [5.74, 6) is -1.98. The van der Waals surface area contributed by atoms with Crippen molar-refractivity contribution in [1.82, 2.24) is 9.88 Å². The molecule has 4 rings (SSSR count). The summed E-state index contributed by atoms with van der Waals surface area (Å²) in [5, 5.41) is 4.25. The van der Waals surface area contributed by atoms with Crippen LogP contribution in [0.4, 0.5) is 13.2 Å². The van der Waals surface area contributed by atoms with E-state index in [1.165, 1.54) is 30.0 Å². The van der Waals surface area contributed by atoms with Crippen molar-refractivity contribution in [2.75, 3.05) is 13.2 Å². The number of para-hydroxylation sites is 1. The van der Waals surface area contributed by atoms with Gasteiger partial charge in [0, 0.05) is 42.7 Å². The molecule has 3 aromatic rings. The Balaban J connectivity index is 1.53. The zero-order valence-corrected chi connectivity index (χ0v) is 14.2. The molecule has 0 atom stereocenters. The van der Waals surface area contributed by atoms with Crippen LogP contribution >= 0.6 is 0 Å². The van der Waals surface area contributed by atoms with E-state index in [-0.39, 0.29) is 18.2 Å². The van der Waals surface area contributed by atoms with Crippen LogP contribution in [0.1, 0.15) is 17.7 Å². The second kappa shape index (κ2) is 7.03. The predicted octanol–water partition coefficient (Wildman–Crippen LogP) is 4.17. The minimum Gasteiger partial charge on any atom is -0.488 e. The van der Waals surface area contributed by atoms with Gasteiger partial charge in [0.2, 0.25) is 0 Å². The maximum Gasteiger partial charge on any atom is 0.190 e. The molecule has 0 saturated heterocycles. The summed E-state index contributed by atoms with van der Waals surface area (Å²) < 4.78 is 48.4. The lowest BCUT2D eigenvalue weighted by Crippen LogP contribution is -2.24. The molecule has 136 valence electrons. The Morgan fingerprint density at radius 1 is 1.08 bits per heavy atom. The Morgan fingerprint density at radius 2 is 1.88 bits per heavy atom. The van der Waals surface area contributed by atoms with Crippen LogP contribution in [0.3, 0.4) is 0 Å². The molecule has 3 nitrogen and oxygen atoms in total. The van der Waals surface area contributed by atoms with Crippen LogP contribution < -0.4 is 10.1 Å². The largest absolute Gasteiger partial charge is 0.488 e. The molecule has 1 aromatic heterocycles. The molecule has 0 spiro atoms. The molecule has 0 fully saturated rings. The molecule has 6 heteroatoms. The molecule has 1 aliphatic heterocycles. The summed E-state index contributed by atoms with van der Waals surface area (Å²) in [5.41, 5.74) is 3.31. The number of halogens is 3. The molecule has 0 unspecified atom stereocenters. The van der Waals surface area contributed by atoms with Gasteiger partial charge in [-0.25, -0.2) is 13.2 Å². The number of rotatable bonds is 5. The Morgan fingerprint density at radius 3 is 2.69 bits per heavy atom. The van der Waals surface area contributed by atoms with Gasteiger partial charge in [-0.1, -0.05) is 6.07 Å². The number of benzene rings is 2. The molecule has 0 amide bonds. The Kier molecular flexibility index (Phi) is 4.59. The van der Waals surface area contributed by atoms with Crippen molar-refractivity contribution in [1.29, 1.82) is 0 Å². The summed E-state index contributed by atoms with van der Waals surface area (Å²) >= 11 is 0. The molecule has 1 N–H and O–H groups in total. The molecule has 2 heterocycles. The lowest BCUT2D eigenvalue weighted by Gasteiger charge is -2.17. The summed E-state index contributed by atoms with van der Waals surface area (Å²) in [6, 6.07) is 8.49. The highest BCUT2D eigenvalue weighted by atomic mass is 19.1. The summed E-state index contributed by atoms with van der Waals surface area (Å²) in [7, 11) is 0. The van der Waals surface area contributed by atoms with Gasteiger partial charge in [-0.3, -0.25) is 0 Å². The van der Waals surface area contributed by atoms with E-state index in [1.807, 2.05) is 0 Å². The van der Waals surface area contributed by atoms with Crippen LogP contribution in [0.5, 0.6) is 5.75 Å². The third-order valence-electron chi connectivity index (χ3n) is 4.78. The first-order valence-corrected chi connectivity index (χ1v) is 8.72. The standard InChI is InChI=1S/C20H19F3N2O/c21-13-5-6-18-14(11-13)15-12-24-8-7-19(15)25(18)9-2-10-26-20-16(22)3-1-4-17(20)23/h1,3-6,11,24H,2,7-10,12H2. The van der Waals surface area contributed by atoms with Crippen LogP contribution in [0, 0.1) is 17.5 Å². The van der Waals surface area contributed by atoms with Gasteiger partial charge in [0.1, 0.15) is 5.82 Å². The Labute approximate surface area is 149 Å². The molecule has 1 aliphatic rings. The van der Waals surface area contributed by atoms with Crippen LogP contribution in [0.15, 0.2) is 36.4 Å². The highest BCUT2D eigenvalue weighted by Gasteiger charge is 2.20. The van der Waals surface area contributed by atoms with Gasteiger partial charge in [-0.05, 0) is 42.3 Å². The van der Waals surface area contributed by atoms with E-state index in [2.05, 4.69) is 9.88 Å². The smallest absolute Gasteiger partial charge is 0.190 e. The minimum absolute atomic E-state index is 0.200. The minimum atomic E-state index is -0.699. The summed E-state index contributed by atoms with van der Waals surface area (Å²) in [4.78, 5) is 0. The lowest BCUT2D eigenvalue weighted by molar-refractivity contribution is 0.273. The second-order valence-corrected chi connectivity index (χ2v) is 6.42. The third kappa shape index (κ3) is 3.05. The van der Waals surface area contributed by atoms with Gasteiger partial charge in [-0.15, -0.1) is 0 Å². The quantitative estimate of drug-likeness (QED) is 0.691. The van der Waals surface area contributed by atoms with Gasteiger partial charge in [-0.2, -0.15) is 0 Å². The average Bonchev–Trinajstić information content (AvgIpc) is 2.94. The fourth-order valence-corrected chi connectivity index (χ4v) is 3.63. The van der Waals surface area contributed by atoms with Crippen molar-refractivity contribution < 1.29 is 17.9 Å². The SMILES string of the molecule is Fc1ccc2c(c1)c1c(n2CCCOc2c(F)cccc2F)CCNC1. The molecule has 0 radical (unpaired) electrons. The normalized spacial score (nSPS) is 13.8. The van der Waals surface area contributed by atoms with Crippen molar-refractivity contribution in [3.05, 3.63) is 65.1 Å². The average molecular weight is 360 g/mol. The number of hydrogen-bond donors (Lipinski definition) is 1. The van der Waals surface area contributed by atoms with E-state index < -0.39 is 11.6 Å². The van der Waals surface area contributed by atoms with Crippen molar-refractivity contribution in [2.24, 2.45) is 0 Å². The lowest BCUT2D eigenvalue weighted by atomic mass is 10.1. The van der Waals surface area contributed by atoms with Crippen LogP contribution in [-0.4, -0.2) is 17.7 Å². The van der Waals surface area contributed by atoms with Gasteiger partial charge < -0.3 is 14.6 Å². The highest BCUT2D eigenvalue weighted by molar-refractivity contribution is 5.86. The number of ether oxygens (including phenoxy) is 1. The van der Waals surface area contributed by atoms with Crippen molar-refractivity contribution in [3.8, 4) is 5.75 Å². The first-order chi connectivity index (χ1) is 12.6. The van der Waals surface area contributed by atoms with Crippen molar-refractivity contribution in [2.45, 2.75) is 25.9 Å². The molecular formula is C20H19F3N2O. The zero-order valence-electron chi connectivity index (χ0n) is 14.2. The van der Waals surface area contributed by atoms with Crippen molar-refractivity contribution >= 4 is 10.9 Å². The van der Waals surface area contributed by atoms with E-state index in [0.717, 1.165) is 36.0 Å². The topological polar surface area (TPSA) is 26.2 Å². The summed E-state index contributed by atoms with van der Waals surface area (Å²) in [6.45, 7) is 2.45. The van der Waals surface area contributed by atoms with E-state index in [1.54, 1.807) is 12.1 Å². The highest BCUT2D eigenvalue weighted by Crippen LogP contribution is 2.29. The van der Waals surface area contributed by atoms with E-state index in [9.17, 15) is 13.2 Å². The number of aryl methyl sites for hydroxylation is 1. The fourth-order valence-electron chi connectivity index (χ4n) is 3.63. The van der Waals surface area contributed by atoms with Gasteiger partial charge in [0.25, 0.3) is 0 Å². The predicted molar refractivity (Wildman–Crippen MR) is 93.8 cm³/mol. The van der Waals surface area contributed by atoms with Crippen LogP contribution in [-0.2, 0) is 19.5 Å². The van der Waals surface area contributed by atoms with Crippen LogP contribution in [0.25, 0.3) is 10.9 Å². The van der Waals surface area contributed by atoms with Crippen LogP contribution in [0.2, 0.25) is 0 Å². The molecule has 0 bridgehead atoms. The number of nitrogens with zero attached hydrogens (tertiary/aromatic N) is 1. The monoisotopic (exact) mass is 360 g/mol. The van der Waals surface area contributed by atoms with Crippen molar-refractivity contribution in [3.63, 3.8) is 0 Å². The van der Waals surface area contributed by atoms with E-state index in [0.29, 0.717) is 13.0 Å². The maximum atomic E-state index is 13.7. The second-order valence-electron chi connectivity index (χ2n) is 6.42. The maximum absolute atomic E-state index is 13.7. The van der Waals surface area contributed by atoms with E-state index in [4.69, 9.17) is 4.74 Å². The van der Waals surface area contributed by atoms with E-state index >= 15 is 0 Å². The zero-order chi connectivity index (χ0) is 18.1. The molecule has 0 aliphatic carbocycles. The molecule has 26 heavy (non-hydrogen) atoms. The van der Waals surface area contributed by atoms with Gasteiger partial charge in [0.15, 0.2) is 17.4 Å². The fraction of sp³-hybridized carbons (Fsp3) is 0.300. The first-order valence-electron chi connectivity index (χ1n) is 8.72. The molecule has 0 saturated carbocycles. The Bertz CT molecular complexity index is 932. The number of nitrogens with one attached hydrogen (secondary N) is 1. The number of aromatic nitrogens is 1. The summed E-state index contributed by atoms with van der Waals surface area (Å²) in [6.07, 6.45) is 1.46. The Hall–Kier alpha value is -2.47. The number of fused-ring (bicyclic) bond motifs is 3. The molecular weight excluding hydrogens is 341 g/mol. The molecule has 2 aromatic carbocycles. The first kappa shape index (κ1) is 17.0.